The zero-order valence-corrected chi connectivity index (χ0v) is 16.2. The molecule has 28 heavy (non-hydrogen) atoms. The van der Waals surface area contributed by atoms with Crippen LogP contribution in [-0.2, 0) is 0 Å². The summed E-state index contributed by atoms with van der Waals surface area (Å²) >= 11 is 0. The average molecular weight is 379 g/mol. The van der Waals surface area contributed by atoms with E-state index in [2.05, 4.69) is 10.3 Å². The number of amides is 1. The van der Waals surface area contributed by atoms with Crippen molar-refractivity contribution in [3.63, 3.8) is 0 Å². The van der Waals surface area contributed by atoms with Crippen molar-refractivity contribution in [3.05, 3.63) is 51.9 Å². The van der Waals surface area contributed by atoms with Gasteiger partial charge in [-0.2, -0.15) is 0 Å². The first-order valence-corrected chi connectivity index (χ1v) is 9.93. The smallest absolute Gasteiger partial charge is 0.267 e. The summed E-state index contributed by atoms with van der Waals surface area (Å²) in [6.07, 6.45) is 6.58. The highest BCUT2D eigenvalue weighted by molar-refractivity contribution is 5.97. The number of carbonyl (C=O) groups is 1. The molecule has 4 rings (SSSR count). The third kappa shape index (κ3) is 3.00. The summed E-state index contributed by atoms with van der Waals surface area (Å²) in [4.78, 5) is 30.7. The van der Waals surface area contributed by atoms with Crippen molar-refractivity contribution in [1.29, 1.82) is 5.41 Å². The molecule has 0 aliphatic heterocycles. The quantitative estimate of drug-likeness (QED) is 0.683. The molecule has 0 unspecified atom stereocenters. The zero-order valence-electron chi connectivity index (χ0n) is 16.2. The van der Waals surface area contributed by atoms with Gasteiger partial charge in [-0.25, -0.2) is 4.98 Å². The first-order chi connectivity index (χ1) is 13.5. The summed E-state index contributed by atoms with van der Waals surface area (Å²) in [6, 6.07) is 6.99. The molecule has 0 saturated heterocycles. The Morgan fingerprint density at radius 2 is 2.11 bits per heavy atom. The molecule has 0 bridgehead atoms. The molecule has 1 aliphatic rings. The second kappa shape index (κ2) is 7.22. The van der Waals surface area contributed by atoms with Crippen molar-refractivity contribution in [1.82, 2.24) is 19.3 Å². The van der Waals surface area contributed by atoms with Gasteiger partial charge in [-0.3, -0.25) is 19.4 Å². The minimum atomic E-state index is -0.284. The van der Waals surface area contributed by atoms with Crippen molar-refractivity contribution in [2.24, 2.45) is 0 Å². The number of aromatic nitrogens is 3. The van der Waals surface area contributed by atoms with Gasteiger partial charge in [0.05, 0.1) is 10.9 Å². The number of hydrogen-bond acceptors (Lipinski definition) is 4. The molecular formula is C21H25N5O2. The molecule has 3 aromatic heterocycles. The maximum Gasteiger partial charge on any atom is 0.267 e. The molecule has 7 nitrogen and oxygen atoms in total. The molecule has 1 atom stereocenters. The number of fused-ring (bicyclic) bond motifs is 2. The van der Waals surface area contributed by atoms with Crippen LogP contribution in [0.1, 0.15) is 62.4 Å². The normalized spacial score (nSPS) is 15.9. The minimum Gasteiger partial charge on any atom is -0.349 e. The maximum absolute atomic E-state index is 13.1. The van der Waals surface area contributed by atoms with E-state index in [4.69, 9.17) is 5.41 Å². The molecule has 0 spiro atoms. The van der Waals surface area contributed by atoms with Crippen LogP contribution >= 0.6 is 0 Å². The average Bonchev–Trinajstić information content (AvgIpc) is 3.20. The largest absolute Gasteiger partial charge is 0.349 e. The first-order valence-electron chi connectivity index (χ1n) is 9.93. The van der Waals surface area contributed by atoms with Gasteiger partial charge in [-0.05, 0) is 44.4 Å². The van der Waals surface area contributed by atoms with Crippen LogP contribution in [0.3, 0.4) is 0 Å². The third-order valence-corrected chi connectivity index (χ3v) is 5.73. The summed E-state index contributed by atoms with van der Waals surface area (Å²) in [5.41, 5.74) is 1.08. The van der Waals surface area contributed by atoms with Crippen LogP contribution in [0.25, 0.3) is 16.7 Å². The van der Waals surface area contributed by atoms with Gasteiger partial charge in [-0.1, -0.05) is 25.8 Å². The number of nitrogens with one attached hydrogen (secondary N) is 2. The highest BCUT2D eigenvalue weighted by Crippen LogP contribution is 2.19. The van der Waals surface area contributed by atoms with Gasteiger partial charge in [0, 0.05) is 18.3 Å². The highest BCUT2D eigenvalue weighted by atomic mass is 16.2. The topological polar surface area (TPSA) is 92.2 Å². The van der Waals surface area contributed by atoms with Gasteiger partial charge in [0.15, 0.2) is 0 Å². The molecule has 0 radical (unpaired) electrons. The van der Waals surface area contributed by atoms with Gasteiger partial charge in [-0.15, -0.1) is 0 Å². The minimum absolute atomic E-state index is 0.0627. The van der Waals surface area contributed by atoms with Crippen molar-refractivity contribution >= 4 is 22.6 Å². The lowest BCUT2D eigenvalue weighted by atomic mass is 10.1. The summed E-state index contributed by atoms with van der Waals surface area (Å²) in [7, 11) is 0. The Morgan fingerprint density at radius 1 is 1.36 bits per heavy atom. The zero-order chi connectivity index (χ0) is 19.8. The molecule has 146 valence electrons. The molecule has 1 amide bonds. The number of hydrogen-bond donors (Lipinski definition) is 2. The monoisotopic (exact) mass is 379 g/mol. The van der Waals surface area contributed by atoms with Crippen LogP contribution < -0.4 is 16.4 Å². The fourth-order valence-corrected chi connectivity index (χ4v) is 3.97. The second-order valence-corrected chi connectivity index (χ2v) is 7.57. The molecule has 7 heteroatoms. The molecule has 3 aromatic rings. The number of rotatable bonds is 4. The van der Waals surface area contributed by atoms with Gasteiger partial charge in [0.25, 0.3) is 11.5 Å². The molecule has 1 fully saturated rings. The van der Waals surface area contributed by atoms with E-state index in [-0.39, 0.29) is 34.6 Å². The Morgan fingerprint density at radius 3 is 2.82 bits per heavy atom. The lowest BCUT2D eigenvalue weighted by Gasteiger charge is -2.20. The summed E-state index contributed by atoms with van der Waals surface area (Å²) in [6.45, 7) is 3.99. The number of pyridine rings is 2. The van der Waals surface area contributed by atoms with Crippen LogP contribution in [0.15, 0.2) is 35.3 Å². The second-order valence-electron chi connectivity index (χ2n) is 7.57. The van der Waals surface area contributed by atoms with Crippen LogP contribution in [0, 0.1) is 5.41 Å². The standard InChI is InChI=1S/C21H25N5O2/c1-3-13(2)26-18(22)15(20(27)23-14-8-4-5-9-14)12-16-19(26)24-17-10-6-7-11-25(17)21(16)28/h6-7,10-14,22H,3-5,8-9H2,1-2H3,(H,23,27)/t13-/m1/s1. The first kappa shape index (κ1) is 18.4. The third-order valence-electron chi connectivity index (χ3n) is 5.73. The summed E-state index contributed by atoms with van der Waals surface area (Å²) < 4.78 is 3.19. The summed E-state index contributed by atoms with van der Waals surface area (Å²) in [5.74, 6) is -0.284. The van der Waals surface area contributed by atoms with Crippen LogP contribution in [-0.4, -0.2) is 25.9 Å². The van der Waals surface area contributed by atoms with E-state index in [0.717, 1.165) is 32.1 Å². The Bertz CT molecular complexity index is 1170. The van der Waals surface area contributed by atoms with E-state index >= 15 is 0 Å². The van der Waals surface area contributed by atoms with Gasteiger partial charge < -0.3 is 9.88 Å². The lowest BCUT2D eigenvalue weighted by molar-refractivity contribution is 0.0935. The molecule has 0 aromatic carbocycles. The van der Waals surface area contributed by atoms with Crippen LogP contribution in [0.4, 0.5) is 0 Å². The predicted octanol–water partition coefficient (Wildman–Crippen LogP) is 2.77. The lowest BCUT2D eigenvalue weighted by Crippen LogP contribution is -2.39. The predicted molar refractivity (Wildman–Crippen MR) is 108 cm³/mol. The van der Waals surface area contributed by atoms with E-state index in [1.54, 1.807) is 22.9 Å². The Labute approximate surface area is 162 Å². The molecule has 1 saturated carbocycles. The maximum atomic E-state index is 13.1. The van der Waals surface area contributed by atoms with E-state index in [0.29, 0.717) is 16.7 Å². The van der Waals surface area contributed by atoms with E-state index < -0.39 is 0 Å². The SMILES string of the molecule is CC[C@@H](C)n1c(=N)c(C(=O)NC2CCCC2)cc2c(=O)n3ccccc3nc21. The van der Waals surface area contributed by atoms with Crippen molar-refractivity contribution < 1.29 is 4.79 Å². The van der Waals surface area contributed by atoms with Crippen molar-refractivity contribution in [3.8, 4) is 0 Å². The molecular weight excluding hydrogens is 354 g/mol. The molecule has 2 N–H and O–H groups in total. The number of nitrogens with zero attached hydrogens (tertiary/aromatic N) is 3. The molecule has 1 aliphatic carbocycles. The van der Waals surface area contributed by atoms with Gasteiger partial charge >= 0.3 is 0 Å². The van der Waals surface area contributed by atoms with Crippen LogP contribution in [0.5, 0.6) is 0 Å². The Kier molecular flexibility index (Phi) is 4.75. The number of carbonyl (C=O) groups excluding carboxylic acids is 1. The van der Waals surface area contributed by atoms with Crippen molar-refractivity contribution in [2.45, 2.75) is 58.0 Å². The fraction of sp³-hybridized carbons (Fsp3) is 0.429. The fourth-order valence-electron chi connectivity index (χ4n) is 3.97. The van der Waals surface area contributed by atoms with E-state index in [1.165, 1.54) is 10.5 Å². The van der Waals surface area contributed by atoms with E-state index in [9.17, 15) is 9.59 Å². The Balaban J connectivity index is 1.98. The van der Waals surface area contributed by atoms with Gasteiger partial charge in [0.2, 0.25) is 0 Å². The van der Waals surface area contributed by atoms with Gasteiger partial charge in [0.1, 0.15) is 16.8 Å². The molecule has 3 heterocycles. The van der Waals surface area contributed by atoms with E-state index in [1.807, 2.05) is 19.9 Å². The Hall–Kier alpha value is -2.96. The summed E-state index contributed by atoms with van der Waals surface area (Å²) in [5, 5.41) is 12.1. The van der Waals surface area contributed by atoms with Crippen molar-refractivity contribution in [2.75, 3.05) is 0 Å². The van der Waals surface area contributed by atoms with Crippen LogP contribution in [0.2, 0.25) is 0 Å². The highest BCUT2D eigenvalue weighted by Gasteiger charge is 2.22.